The molecule has 0 saturated carbocycles. The molecule has 0 atom stereocenters. The second-order valence-corrected chi connectivity index (χ2v) is 4.85. The van der Waals surface area contributed by atoms with Crippen molar-refractivity contribution in [2.24, 2.45) is 0 Å². The van der Waals surface area contributed by atoms with E-state index in [1.807, 2.05) is 0 Å². The molecule has 1 nitrogen and oxygen atoms in total. The van der Waals surface area contributed by atoms with Crippen molar-refractivity contribution >= 4 is 11.8 Å². The predicted molar refractivity (Wildman–Crippen MR) is 57.9 cm³/mol. The average Bonchev–Trinajstić information content (AvgIpc) is 2.33. The van der Waals surface area contributed by atoms with Gasteiger partial charge >= 0.3 is 0 Å². The van der Waals surface area contributed by atoms with Crippen LogP contribution in [-0.4, -0.2) is 36.0 Å². The van der Waals surface area contributed by atoms with Crippen molar-refractivity contribution < 1.29 is 0 Å². The summed E-state index contributed by atoms with van der Waals surface area (Å²) in [5.41, 5.74) is 0. The Balaban J connectivity index is 2.04. The molecule has 0 radical (unpaired) electrons. The predicted octanol–water partition coefficient (Wildman–Crippen LogP) is 2.62. The number of thioether (sulfide) groups is 1. The zero-order chi connectivity index (χ0) is 8.65. The van der Waals surface area contributed by atoms with E-state index >= 15 is 0 Å². The number of likely N-dealkylation sites (tertiary alicyclic amines) is 1. The third-order valence-corrected chi connectivity index (χ3v) is 3.33. The normalized spacial score (nSPS) is 20.8. The van der Waals surface area contributed by atoms with Crippen LogP contribution in [0.5, 0.6) is 0 Å². The highest BCUT2D eigenvalue weighted by Crippen LogP contribution is 2.10. The van der Waals surface area contributed by atoms with Gasteiger partial charge in [-0.25, -0.2) is 0 Å². The molecule has 0 unspecified atom stereocenters. The lowest BCUT2D eigenvalue weighted by Gasteiger charge is -2.18. The molecule has 1 aliphatic heterocycles. The van der Waals surface area contributed by atoms with Crippen molar-refractivity contribution in [1.29, 1.82) is 0 Å². The lowest BCUT2D eigenvalue weighted by atomic mass is 10.2. The highest BCUT2D eigenvalue weighted by Gasteiger charge is 2.07. The standard InChI is InChI=1S/C10H21NS/c1-2-12-10-9-11-7-5-3-4-6-8-11/h2-10H2,1H3. The van der Waals surface area contributed by atoms with Gasteiger partial charge in [-0.1, -0.05) is 19.8 Å². The fraction of sp³-hybridized carbons (Fsp3) is 1.00. The van der Waals surface area contributed by atoms with Crippen LogP contribution < -0.4 is 0 Å². The number of hydrogen-bond donors (Lipinski definition) is 0. The molecule has 0 aromatic carbocycles. The summed E-state index contributed by atoms with van der Waals surface area (Å²) in [6.07, 6.45) is 5.77. The molecule has 12 heavy (non-hydrogen) atoms. The van der Waals surface area contributed by atoms with Gasteiger partial charge in [0.25, 0.3) is 0 Å². The van der Waals surface area contributed by atoms with Crippen molar-refractivity contribution in [2.75, 3.05) is 31.1 Å². The van der Waals surface area contributed by atoms with Crippen molar-refractivity contribution in [3.63, 3.8) is 0 Å². The minimum atomic E-state index is 1.27. The van der Waals surface area contributed by atoms with Gasteiger partial charge in [0.15, 0.2) is 0 Å². The second-order valence-electron chi connectivity index (χ2n) is 3.45. The number of rotatable bonds is 4. The van der Waals surface area contributed by atoms with E-state index < -0.39 is 0 Å². The molecular weight excluding hydrogens is 166 g/mol. The van der Waals surface area contributed by atoms with Crippen molar-refractivity contribution in [3.05, 3.63) is 0 Å². The number of nitrogens with zero attached hydrogens (tertiary/aromatic N) is 1. The van der Waals surface area contributed by atoms with Crippen LogP contribution in [0.4, 0.5) is 0 Å². The maximum absolute atomic E-state index is 2.63. The largest absolute Gasteiger partial charge is 0.303 e. The molecule has 0 bridgehead atoms. The van der Waals surface area contributed by atoms with Crippen LogP contribution >= 0.6 is 11.8 Å². The Bertz CT molecular complexity index is 98.0. The fourth-order valence-electron chi connectivity index (χ4n) is 1.70. The Morgan fingerprint density at radius 3 is 2.33 bits per heavy atom. The summed E-state index contributed by atoms with van der Waals surface area (Å²) >= 11 is 2.07. The van der Waals surface area contributed by atoms with Gasteiger partial charge < -0.3 is 4.90 Å². The Kier molecular flexibility index (Phi) is 5.88. The maximum atomic E-state index is 2.63. The summed E-state index contributed by atoms with van der Waals surface area (Å²) in [5.74, 6) is 2.60. The zero-order valence-electron chi connectivity index (χ0n) is 8.22. The van der Waals surface area contributed by atoms with Crippen LogP contribution in [0.15, 0.2) is 0 Å². The first kappa shape index (κ1) is 10.4. The molecule has 1 aliphatic rings. The van der Waals surface area contributed by atoms with Gasteiger partial charge in [0, 0.05) is 12.3 Å². The van der Waals surface area contributed by atoms with Crippen molar-refractivity contribution in [3.8, 4) is 0 Å². The van der Waals surface area contributed by atoms with Gasteiger partial charge in [-0.15, -0.1) is 0 Å². The van der Waals surface area contributed by atoms with E-state index in [1.54, 1.807) is 0 Å². The van der Waals surface area contributed by atoms with Gasteiger partial charge in [0.05, 0.1) is 0 Å². The van der Waals surface area contributed by atoms with E-state index in [4.69, 9.17) is 0 Å². The quantitative estimate of drug-likeness (QED) is 0.622. The lowest BCUT2D eigenvalue weighted by Crippen LogP contribution is -2.27. The van der Waals surface area contributed by atoms with Gasteiger partial charge in [-0.2, -0.15) is 11.8 Å². The van der Waals surface area contributed by atoms with Crippen LogP contribution in [0.1, 0.15) is 32.6 Å². The summed E-state index contributed by atoms with van der Waals surface area (Å²) in [6, 6.07) is 0. The lowest BCUT2D eigenvalue weighted by molar-refractivity contribution is 0.303. The summed E-state index contributed by atoms with van der Waals surface area (Å²) in [5, 5.41) is 0. The van der Waals surface area contributed by atoms with Gasteiger partial charge in [0.2, 0.25) is 0 Å². The Hall–Kier alpha value is 0.310. The molecule has 0 aromatic heterocycles. The van der Waals surface area contributed by atoms with Crippen LogP contribution in [0, 0.1) is 0 Å². The highest BCUT2D eigenvalue weighted by atomic mass is 32.2. The molecular formula is C10H21NS. The summed E-state index contributed by atoms with van der Waals surface area (Å²) in [6.45, 7) is 6.26. The topological polar surface area (TPSA) is 3.24 Å². The van der Waals surface area contributed by atoms with E-state index in [0.29, 0.717) is 0 Å². The molecule has 1 saturated heterocycles. The highest BCUT2D eigenvalue weighted by molar-refractivity contribution is 7.99. The van der Waals surface area contributed by atoms with E-state index in [1.165, 1.54) is 56.8 Å². The van der Waals surface area contributed by atoms with Crippen LogP contribution in [0.3, 0.4) is 0 Å². The van der Waals surface area contributed by atoms with E-state index in [0.717, 1.165) is 0 Å². The maximum Gasteiger partial charge on any atom is 0.00723 e. The van der Waals surface area contributed by atoms with E-state index in [2.05, 4.69) is 23.6 Å². The van der Waals surface area contributed by atoms with Gasteiger partial charge in [-0.05, 0) is 31.7 Å². The molecule has 1 heterocycles. The Morgan fingerprint density at radius 2 is 1.75 bits per heavy atom. The monoisotopic (exact) mass is 187 g/mol. The van der Waals surface area contributed by atoms with Gasteiger partial charge in [0.1, 0.15) is 0 Å². The summed E-state index contributed by atoms with van der Waals surface area (Å²) in [7, 11) is 0. The average molecular weight is 187 g/mol. The SMILES string of the molecule is CCSCCN1CCCCCC1. The zero-order valence-corrected chi connectivity index (χ0v) is 9.04. The second kappa shape index (κ2) is 6.79. The first-order valence-corrected chi connectivity index (χ1v) is 6.39. The van der Waals surface area contributed by atoms with E-state index in [9.17, 15) is 0 Å². The molecule has 0 aliphatic carbocycles. The molecule has 2 heteroatoms. The van der Waals surface area contributed by atoms with Gasteiger partial charge in [-0.3, -0.25) is 0 Å². The first-order chi connectivity index (χ1) is 5.93. The fourth-order valence-corrected chi connectivity index (χ4v) is 2.37. The van der Waals surface area contributed by atoms with Crippen LogP contribution in [-0.2, 0) is 0 Å². The molecule has 72 valence electrons. The molecule has 0 aromatic rings. The minimum Gasteiger partial charge on any atom is -0.303 e. The molecule has 1 fully saturated rings. The van der Waals surface area contributed by atoms with Crippen molar-refractivity contribution in [2.45, 2.75) is 32.6 Å². The molecule has 1 rings (SSSR count). The first-order valence-electron chi connectivity index (χ1n) is 5.23. The van der Waals surface area contributed by atoms with Crippen LogP contribution in [0.25, 0.3) is 0 Å². The van der Waals surface area contributed by atoms with E-state index in [-0.39, 0.29) is 0 Å². The minimum absolute atomic E-state index is 1.27. The van der Waals surface area contributed by atoms with Crippen molar-refractivity contribution in [1.82, 2.24) is 4.90 Å². The molecule has 0 N–H and O–H groups in total. The third kappa shape index (κ3) is 4.36. The Morgan fingerprint density at radius 1 is 1.08 bits per heavy atom. The smallest absolute Gasteiger partial charge is 0.00723 e. The third-order valence-electron chi connectivity index (χ3n) is 2.45. The number of hydrogen-bond acceptors (Lipinski definition) is 2. The summed E-state index contributed by atoms with van der Waals surface area (Å²) in [4.78, 5) is 2.63. The molecule has 0 spiro atoms. The van der Waals surface area contributed by atoms with Crippen LogP contribution in [0.2, 0.25) is 0 Å². The Labute approximate surface area is 80.9 Å². The molecule has 0 amide bonds. The summed E-state index contributed by atoms with van der Waals surface area (Å²) < 4.78 is 0.